The van der Waals surface area contributed by atoms with E-state index < -0.39 is 0 Å². The molecule has 1 aliphatic heterocycles. The van der Waals surface area contributed by atoms with E-state index in [-0.39, 0.29) is 5.79 Å². The maximum absolute atomic E-state index is 11.7. The molecule has 9 nitrogen and oxygen atoms in total. The predicted molar refractivity (Wildman–Crippen MR) is 230 cm³/mol. The second kappa shape index (κ2) is 15.2. The molecule has 2 saturated carbocycles. The lowest BCUT2D eigenvalue weighted by molar-refractivity contribution is -0.181. The van der Waals surface area contributed by atoms with Gasteiger partial charge in [-0.15, -0.1) is 0 Å². The first kappa shape index (κ1) is 38.0. The van der Waals surface area contributed by atoms with Crippen LogP contribution in [0.5, 0.6) is 0 Å². The van der Waals surface area contributed by atoms with Crippen LogP contribution in [-0.2, 0) is 14.3 Å². The van der Waals surface area contributed by atoms with Crippen LogP contribution in [0.3, 0.4) is 0 Å². The minimum atomic E-state index is -0.361. The van der Waals surface area contributed by atoms with Crippen LogP contribution in [0.15, 0.2) is 73.1 Å². The van der Waals surface area contributed by atoms with Gasteiger partial charge in [0, 0.05) is 83.7 Å². The van der Waals surface area contributed by atoms with Gasteiger partial charge in [-0.2, -0.15) is 0 Å². The van der Waals surface area contributed by atoms with E-state index in [1.165, 1.54) is 5.52 Å². The van der Waals surface area contributed by atoms with E-state index in [1.807, 2.05) is 57.2 Å². The van der Waals surface area contributed by atoms with Gasteiger partial charge in [-0.25, -0.2) is 9.69 Å². The van der Waals surface area contributed by atoms with Crippen molar-refractivity contribution >= 4 is 50.3 Å². The topological polar surface area (TPSA) is 106 Å². The molecule has 57 heavy (non-hydrogen) atoms. The first-order valence-corrected chi connectivity index (χ1v) is 20.1. The standard InChI is InChI=1S/C25H27N3O2.C23H23N3O/c1-16-13-24-20(14-23(16)27-3)21(19-5-4-6-22(26)17(19)2)15-28(24)18-7-9-25(10-8-18)29-11-12-30-25;1-14-11-23-19(12-22(14)25-3)20(18-5-4-6-21(24)15(18)2)13-26(23)16-7-9-17(27)10-8-16/h4-6,13-15,18H,7-12,26H2,1-2H3;4-6,11-13,16H,7-10,24H2,1-2H3. The molecule has 3 aliphatic rings. The smallest absolute Gasteiger partial charge is 0.190 e. The van der Waals surface area contributed by atoms with Gasteiger partial charge >= 0.3 is 0 Å². The van der Waals surface area contributed by atoms with Gasteiger partial charge in [-0.3, -0.25) is 4.79 Å². The van der Waals surface area contributed by atoms with Crippen molar-refractivity contribution in [3.63, 3.8) is 0 Å². The summed E-state index contributed by atoms with van der Waals surface area (Å²) in [5, 5.41) is 2.20. The van der Waals surface area contributed by atoms with Gasteiger partial charge in [0.25, 0.3) is 0 Å². The molecule has 0 atom stereocenters. The fourth-order valence-corrected chi connectivity index (χ4v) is 9.25. The van der Waals surface area contributed by atoms with Crippen LogP contribution in [0.4, 0.5) is 22.7 Å². The van der Waals surface area contributed by atoms with E-state index in [9.17, 15) is 4.79 Å². The largest absolute Gasteiger partial charge is 0.398 e. The average molecular weight is 759 g/mol. The van der Waals surface area contributed by atoms with Crippen molar-refractivity contribution < 1.29 is 14.3 Å². The number of hydrogen-bond acceptors (Lipinski definition) is 5. The number of rotatable bonds is 4. The second-order valence-corrected chi connectivity index (χ2v) is 16.1. The number of carbonyl (C=O) groups is 1. The zero-order valence-electron chi connectivity index (χ0n) is 33.3. The van der Waals surface area contributed by atoms with Crippen LogP contribution in [0.1, 0.15) is 85.7 Å². The Morgan fingerprint density at radius 1 is 0.649 bits per heavy atom. The van der Waals surface area contributed by atoms with Gasteiger partial charge in [0.2, 0.25) is 0 Å². The summed E-state index contributed by atoms with van der Waals surface area (Å²) in [5.41, 5.74) is 26.3. The fraction of sp³-hybridized carbons (Fsp3) is 0.354. The van der Waals surface area contributed by atoms with Crippen LogP contribution in [-0.4, -0.2) is 33.9 Å². The van der Waals surface area contributed by atoms with Gasteiger partial charge in [-0.1, -0.05) is 24.3 Å². The van der Waals surface area contributed by atoms with Crippen LogP contribution < -0.4 is 11.5 Å². The highest BCUT2D eigenvalue weighted by Crippen LogP contribution is 2.45. The Hall–Kier alpha value is -5.87. The van der Waals surface area contributed by atoms with Crippen molar-refractivity contribution in [2.75, 3.05) is 24.7 Å². The first-order valence-electron chi connectivity index (χ1n) is 20.1. The third kappa shape index (κ3) is 6.96. The molecule has 1 spiro atoms. The number of fused-ring (bicyclic) bond motifs is 2. The average Bonchev–Trinajstić information content (AvgIpc) is 3.93. The number of Topliss-reactive ketones (excluding diaryl/α,β-unsaturated/α-hetero) is 1. The zero-order chi connectivity index (χ0) is 40.0. The molecule has 2 aliphatic carbocycles. The van der Waals surface area contributed by atoms with E-state index in [2.05, 4.69) is 62.4 Å². The zero-order valence-corrected chi connectivity index (χ0v) is 33.3. The lowest BCUT2D eigenvalue weighted by Crippen LogP contribution is -2.35. The number of anilines is 2. The summed E-state index contributed by atoms with van der Waals surface area (Å²) in [6.45, 7) is 24.6. The van der Waals surface area contributed by atoms with Crippen molar-refractivity contribution in [3.8, 4) is 22.3 Å². The summed E-state index contributed by atoms with van der Waals surface area (Å²) in [7, 11) is 0. The van der Waals surface area contributed by atoms with Crippen LogP contribution >= 0.6 is 0 Å². The summed E-state index contributed by atoms with van der Waals surface area (Å²) >= 11 is 0. The summed E-state index contributed by atoms with van der Waals surface area (Å²) in [6.07, 6.45) is 11.4. The lowest BCUT2D eigenvalue weighted by Gasteiger charge is -2.36. The quantitative estimate of drug-likeness (QED) is 0.137. The number of nitrogens with zero attached hydrogens (tertiary/aromatic N) is 4. The van der Waals surface area contributed by atoms with Gasteiger partial charge in [0.1, 0.15) is 5.78 Å². The number of aromatic nitrogens is 2. The summed E-state index contributed by atoms with van der Waals surface area (Å²) in [4.78, 5) is 19.1. The number of nitrogens with two attached hydrogens (primary N) is 2. The Bertz CT molecular complexity index is 2610. The monoisotopic (exact) mass is 758 g/mol. The van der Waals surface area contributed by atoms with Crippen molar-refractivity contribution in [1.82, 2.24) is 9.13 Å². The first-order chi connectivity index (χ1) is 27.5. The highest BCUT2D eigenvalue weighted by atomic mass is 16.7. The highest BCUT2D eigenvalue weighted by molar-refractivity contribution is 6.01. The van der Waals surface area contributed by atoms with Gasteiger partial charge in [-0.05, 0) is 134 Å². The molecule has 3 heterocycles. The van der Waals surface area contributed by atoms with Crippen LogP contribution in [0, 0.1) is 40.8 Å². The van der Waals surface area contributed by atoms with Crippen LogP contribution in [0.2, 0.25) is 0 Å². The summed E-state index contributed by atoms with van der Waals surface area (Å²) in [6, 6.07) is 21.1. The third-order valence-electron chi connectivity index (χ3n) is 12.7. The summed E-state index contributed by atoms with van der Waals surface area (Å²) in [5.74, 6) is 0.000946. The molecule has 1 saturated heterocycles. The molecule has 0 unspecified atom stereocenters. The molecule has 0 radical (unpaired) electrons. The Kier molecular flexibility index (Phi) is 10.2. The van der Waals surface area contributed by atoms with E-state index in [0.717, 1.165) is 111 Å². The number of ether oxygens (including phenoxy) is 2. The number of hydrogen-bond donors (Lipinski definition) is 2. The Balaban J connectivity index is 0.000000161. The predicted octanol–water partition coefficient (Wildman–Crippen LogP) is 11.7. The minimum Gasteiger partial charge on any atom is -0.398 e. The fourth-order valence-electron chi connectivity index (χ4n) is 9.25. The molecule has 2 aromatic heterocycles. The molecule has 290 valence electrons. The number of ketones is 1. The molecule has 4 aromatic carbocycles. The molecule has 3 fully saturated rings. The maximum Gasteiger partial charge on any atom is 0.190 e. The van der Waals surface area contributed by atoms with E-state index in [0.29, 0.717) is 55.3 Å². The minimum absolute atomic E-state index is 0.318. The number of carbonyl (C=O) groups excluding carboxylic acids is 1. The van der Waals surface area contributed by atoms with E-state index in [4.69, 9.17) is 34.1 Å². The molecular formula is C48H50N6O3. The van der Waals surface area contributed by atoms with Crippen molar-refractivity contribution in [2.24, 2.45) is 0 Å². The summed E-state index contributed by atoms with van der Waals surface area (Å²) < 4.78 is 16.6. The molecule has 6 aromatic rings. The van der Waals surface area contributed by atoms with Crippen molar-refractivity contribution in [1.29, 1.82) is 0 Å². The molecule has 0 bridgehead atoms. The third-order valence-corrected chi connectivity index (χ3v) is 12.7. The Morgan fingerprint density at radius 2 is 1.09 bits per heavy atom. The Labute approximate surface area is 334 Å². The maximum atomic E-state index is 11.7. The van der Waals surface area contributed by atoms with Crippen LogP contribution in [0.25, 0.3) is 53.7 Å². The van der Waals surface area contributed by atoms with Gasteiger partial charge in [0.15, 0.2) is 17.2 Å². The number of aryl methyl sites for hydroxylation is 2. The highest BCUT2D eigenvalue weighted by Gasteiger charge is 2.41. The number of benzene rings is 4. The molecule has 9 heteroatoms. The van der Waals surface area contributed by atoms with Gasteiger partial charge in [0.05, 0.1) is 26.4 Å². The van der Waals surface area contributed by atoms with E-state index in [1.54, 1.807) is 0 Å². The van der Waals surface area contributed by atoms with E-state index >= 15 is 0 Å². The second-order valence-electron chi connectivity index (χ2n) is 16.1. The van der Waals surface area contributed by atoms with Crippen molar-refractivity contribution in [3.05, 3.63) is 118 Å². The van der Waals surface area contributed by atoms with Gasteiger partial charge < -0.3 is 30.1 Å². The number of nitrogen functional groups attached to an aromatic ring is 2. The molecule has 0 amide bonds. The Morgan fingerprint density at radius 3 is 1.53 bits per heavy atom. The molecular weight excluding hydrogens is 709 g/mol. The normalized spacial score (nSPS) is 17.1. The van der Waals surface area contributed by atoms with Crippen molar-refractivity contribution in [2.45, 2.75) is 96.9 Å². The SMILES string of the molecule is [C-]#[N+]c1cc2c(-c3cccc(N)c3C)cn(C3CCC(=O)CC3)c2cc1C.[C-]#[N+]c1cc2c(-c3cccc(N)c3C)cn(C3CCC4(CC3)OCCO4)c2cc1C. The lowest BCUT2D eigenvalue weighted by atomic mass is 9.90. The molecule has 9 rings (SSSR count). The molecule has 4 N–H and O–H groups in total.